The van der Waals surface area contributed by atoms with Gasteiger partial charge in [-0.25, -0.2) is 4.79 Å². The first kappa shape index (κ1) is 19.7. The number of esters is 1. The molecule has 1 amide bonds. The van der Waals surface area contributed by atoms with Crippen LogP contribution in [0.4, 0.5) is 5.69 Å². The third-order valence-corrected chi connectivity index (χ3v) is 5.41. The van der Waals surface area contributed by atoms with Crippen LogP contribution in [0.1, 0.15) is 27.7 Å². The molecule has 3 aromatic rings. The van der Waals surface area contributed by atoms with Crippen molar-refractivity contribution in [3.63, 3.8) is 0 Å². The molecule has 0 aliphatic heterocycles. The monoisotopic (exact) mass is 398 g/mol. The number of thiophene rings is 1. The lowest BCUT2D eigenvalue weighted by molar-refractivity contribution is -0.145. The summed E-state index contributed by atoms with van der Waals surface area (Å²) in [6.45, 7) is 5.83. The van der Waals surface area contributed by atoms with Gasteiger partial charge in [-0.1, -0.05) is 6.07 Å². The highest BCUT2D eigenvalue weighted by Gasteiger charge is 2.20. The Morgan fingerprint density at radius 3 is 2.61 bits per heavy atom. The van der Waals surface area contributed by atoms with Gasteiger partial charge >= 0.3 is 5.97 Å². The number of ether oxygens (including phenoxy) is 2. The van der Waals surface area contributed by atoms with Crippen LogP contribution in [0.15, 0.2) is 48.8 Å². The fraction of sp³-hybridized carbons (Fsp3) is 0.238. The number of carbonyl (C=O) groups is 2. The molecule has 0 saturated heterocycles. The Hall–Kier alpha value is -3.06. The maximum atomic E-state index is 13.0. The molecule has 0 atom stereocenters. The molecule has 0 fully saturated rings. The Morgan fingerprint density at radius 1 is 1.14 bits per heavy atom. The van der Waals surface area contributed by atoms with Gasteiger partial charge in [0.1, 0.15) is 10.8 Å². The maximum Gasteiger partial charge on any atom is 0.344 e. The van der Waals surface area contributed by atoms with Gasteiger partial charge in [0.2, 0.25) is 0 Å². The Bertz CT molecular complexity index is 976. The minimum Gasteiger partial charge on any atom is -0.482 e. The molecule has 2 heterocycles. The first-order chi connectivity index (χ1) is 13.5. The van der Waals surface area contributed by atoms with E-state index in [-0.39, 0.29) is 12.5 Å². The third kappa shape index (κ3) is 4.43. The van der Waals surface area contributed by atoms with Gasteiger partial charge in [0.25, 0.3) is 5.91 Å². The molecule has 6 nitrogen and oxygen atoms in total. The van der Waals surface area contributed by atoms with E-state index < -0.39 is 5.97 Å². The standard InChI is InChI=1S/C21H22N2O4S/c1-4-26-18(24)13-27-17-9-7-8-16(12-17)22-20(25)19-14(2)15(3)28-21(19)23-10-5-6-11-23/h5-12H,4,13H2,1-3H3,(H,22,25). The van der Waals surface area contributed by atoms with E-state index in [1.807, 2.05) is 42.9 Å². The molecule has 7 heteroatoms. The van der Waals surface area contributed by atoms with Gasteiger partial charge in [-0.15, -0.1) is 11.3 Å². The Labute approximate surface area is 167 Å². The van der Waals surface area contributed by atoms with Gasteiger partial charge in [-0.2, -0.15) is 0 Å². The fourth-order valence-corrected chi connectivity index (χ4v) is 3.85. The number of hydrogen-bond donors (Lipinski definition) is 1. The quantitative estimate of drug-likeness (QED) is 0.601. The summed E-state index contributed by atoms with van der Waals surface area (Å²) in [5, 5.41) is 3.81. The van der Waals surface area contributed by atoms with E-state index in [1.165, 1.54) is 0 Å². The molecule has 0 unspecified atom stereocenters. The van der Waals surface area contributed by atoms with Crippen LogP contribution in [0.3, 0.4) is 0 Å². The number of aromatic nitrogens is 1. The Balaban J connectivity index is 1.77. The molecule has 0 bridgehead atoms. The second-order valence-electron chi connectivity index (χ2n) is 6.13. The van der Waals surface area contributed by atoms with Crippen LogP contribution in [0.5, 0.6) is 5.75 Å². The molecular formula is C21H22N2O4S. The number of nitrogens with zero attached hydrogens (tertiary/aromatic N) is 1. The number of carbonyl (C=O) groups excluding carboxylic acids is 2. The van der Waals surface area contributed by atoms with E-state index in [4.69, 9.17) is 9.47 Å². The maximum absolute atomic E-state index is 13.0. The summed E-state index contributed by atoms with van der Waals surface area (Å²) in [6.07, 6.45) is 3.84. The molecule has 1 N–H and O–H groups in total. The second-order valence-corrected chi connectivity index (χ2v) is 7.33. The van der Waals surface area contributed by atoms with Crippen LogP contribution >= 0.6 is 11.3 Å². The minimum atomic E-state index is -0.433. The van der Waals surface area contributed by atoms with Gasteiger partial charge < -0.3 is 19.4 Å². The molecule has 0 spiro atoms. The third-order valence-electron chi connectivity index (χ3n) is 4.19. The molecule has 1 aromatic carbocycles. The van der Waals surface area contributed by atoms with Crippen molar-refractivity contribution in [1.29, 1.82) is 0 Å². The molecule has 2 aromatic heterocycles. The first-order valence-corrected chi connectivity index (χ1v) is 9.74. The van der Waals surface area contributed by atoms with E-state index in [0.717, 1.165) is 15.4 Å². The smallest absolute Gasteiger partial charge is 0.344 e. The molecular weight excluding hydrogens is 376 g/mol. The van der Waals surface area contributed by atoms with Gasteiger partial charge in [0.05, 0.1) is 12.2 Å². The van der Waals surface area contributed by atoms with Crippen molar-refractivity contribution in [2.45, 2.75) is 20.8 Å². The molecule has 3 rings (SSSR count). The molecule has 0 saturated carbocycles. The highest BCUT2D eigenvalue weighted by molar-refractivity contribution is 7.15. The largest absolute Gasteiger partial charge is 0.482 e. The molecule has 146 valence electrons. The zero-order chi connectivity index (χ0) is 20.1. The minimum absolute atomic E-state index is 0.175. The first-order valence-electron chi connectivity index (χ1n) is 8.92. The van der Waals surface area contributed by atoms with E-state index in [1.54, 1.807) is 42.5 Å². The van der Waals surface area contributed by atoms with Crippen LogP contribution in [0.25, 0.3) is 5.00 Å². The average Bonchev–Trinajstić information content (AvgIpc) is 3.29. The highest BCUT2D eigenvalue weighted by Crippen LogP contribution is 2.31. The molecule has 0 radical (unpaired) electrons. The number of hydrogen-bond acceptors (Lipinski definition) is 5. The number of aryl methyl sites for hydroxylation is 1. The predicted molar refractivity (Wildman–Crippen MR) is 110 cm³/mol. The Kier molecular flexibility index (Phi) is 6.16. The summed E-state index contributed by atoms with van der Waals surface area (Å²) < 4.78 is 12.2. The number of anilines is 1. The van der Waals surface area contributed by atoms with E-state index in [0.29, 0.717) is 23.6 Å². The summed E-state index contributed by atoms with van der Waals surface area (Å²) in [6, 6.07) is 10.8. The van der Waals surface area contributed by atoms with Crippen molar-refractivity contribution in [1.82, 2.24) is 4.57 Å². The summed E-state index contributed by atoms with van der Waals surface area (Å²) >= 11 is 1.58. The van der Waals surface area contributed by atoms with Gasteiger partial charge in [-0.3, -0.25) is 4.79 Å². The van der Waals surface area contributed by atoms with Crippen LogP contribution in [-0.2, 0) is 9.53 Å². The van der Waals surface area contributed by atoms with Gasteiger partial charge in [0.15, 0.2) is 6.61 Å². The van der Waals surface area contributed by atoms with E-state index in [2.05, 4.69) is 5.32 Å². The fourth-order valence-electron chi connectivity index (χ4n) is 2.73. The van der Waals surface area contributed by atoms with Crippen molar-refractivity contribution in [3.05, 3.63) is 64.8 Å². The molecule has 0 aliphatic rings. The summed E-state index contributed by atoms with van der Waals surface area (Å²) in [4.78, 5) is 25.5. The van der Waals surface area contributed by atoms with Gasteiger partial charge in [-0.05, 0) is 50.6 Å². The lowest BCUT2D eigenvalue weighted by Crippen LogP contribution is -2.16. The van der Waals surface area contributed by atoms with Crippen LogP contribution in [0, 0.1) is 13.8 Å². The zero-order valence-corrected chi connectivity index (χ0v) is 16.8. The van der Waals surface area contributed by atoms with Crippen molar-refractivity contribution in [3.8, 4) is 10.8 Å². The number of benzene rings is 1. The topological polar surface area (TPSA) is 69.6 Å². The number of rotatable bonds is 7. The highest BCUT2D eigenvalue weighted by atomic mass is 32.1. The summed E-state index contributed by atoms with van der Waals surface area (Å²) in [7, 11) is 0. The Morgan fingerprint density at radius 2 is 1.89 bits per heavy atom. The normalized spacial score (nSPS) is 10.5. The SMILES string of the molecule is CCOC(=O)COc1cccc(NC(=O)c2c(-n3cccc3)sc(C)c2C)c1. The predicted octanol–water partition coefficient (Wildman–Crippen LogP) is 4.35. The van der Waals surface area contributed by atoms with E-state index >= 15 is 0 Å². The van der Waals surface area contributed by atoms with Crippen LogP contribution in [-0.4, -0.2) is 29.7 Å². The van der Waals surface area contributed by atoms with Crippen molar-refractivity contribution in [2.24, 2.45) is 0 Å². The lowest BCUT2D eigenvalue weighted by Gasteiger charge is -2.10. The van der Waals surface area contributed by atoms with E-state index in [9.17, 15) is 9.59 Å². The van der Waals surface area contributed by atoms with Crippen molar-refractivity contribution >= 4 is 28.9 Å². The van der Waals surface area contributed by atoms with Crippen LogP contribution < -0.4 is 10.1 Å². The lowest BCUT2D eigenvalue weighted by atomic mass is 10.1. The van der Waals surface area contributed by atoms with Gasteiger partial charge in [0, 0.05) is 29.0 Å². The molecule has 28 heavy (non-hydrogen) atoms. The second kappa shape index (κ2) is 8.75. The van der Waals surface area contributed by atoms with Crippen molar-refractivity contribution in [2.75, 3.05) is 18.5 Å². The van der Waals surface area contributed by atoms with Crippen LogP contribution in [0.2, 0.25) is 0 Å². The number of nitrogens with one attached hydrogen (secondary N) is 1. The average molecular weight is 398 g/mol. The molecule has 0 aliphatic carbocycles. The number of amides is 1. The summed E-state index contributed by atoms with van der Waals surface area (Å²) in [5.74, 6) is -0.138. The zero-order valence-electron chi connectivity index (χ0n) is 16.0. The van der Waals surface area contributed by atoms with Crippen molar-refractivity contribution < 1.29 is 19.1 Å². The summed E-state index contributed by atoms with van der Waals surface area (Å²) in [5.41, 5.74) is 2.20.